The molecule has 98 valence electrons. The highest BCUT2D eigenvalue weighted by Gasteiger charge is 1.99. The smallest absolute Gasteiger partial charge is 0.133 e. The first-order valence-corrected chi connectivity index (χ1v) is 6.67. The zero-order chi connectivity index (χ0) is 13.7. The minimum atomic E-state index is 0.809. The molecular formula is C15H15BrN2O. The van der Waals surface area contributed by atoms with Gasteiger partial charge in [-0.05, 0) is 64.3 Å². The Morgan fingerprint density at radius 2 is 2.05 bits per heavy atom. The van der Waals surface area contributed by atoms with Crippen molar-refractivity contribution in [3.63, 3.8) is 0 Å². The number of hydrogen-bond acceptors (Lipinski definition) is 3. The van der Waals surface area contributed by atoms with E-state index in [1.807, 2.05) is 36.4 Å². The van der Waals surface area contributed by atoms with Crippen LogP contribution in [-0.2, 0) is 0 Å². The third-order valence-electron chi connectivity index (χ3n) is 2.60. The van der Waals surface area contributed by atoms with Gasteiger partial charge in [-0.15, -0.1) is 0 Å². The van der Waals surface area contributed by atoms with Crippen molar-refractivity contribution in [2.45, 2.75) is 6.92 Å². The molecule has 1 N–H and O–H groups in total. The van der Waals surface area contributed by atoms with Crippen molar-refractivity contribution in [3.8, 4) is 5.75 Å². The molecule has 0 aromatic heterocycles. The Balaban J connectivity index is 2.05. The van der Waals surface area contributed by atoms with E-state index in [4.69, 9.17) is 4.74 Å². The molecule has 0 aliphatic carbocycles. The average molecular weight is 319 g/mol. The van der Waals surface area contributed by atoms with Crippen molar-refractivity contribution < 1.29 is 4.74 Å². The van der Waals surface area contributed by atoms with Crippen molar-refractivity contribution >= 4 is 27.8 Å². The SMILES string of the molecule is COc1ccc(/C=N\Nc2cccc(C)c2)cc1Br. The van der Waals surface area contributed by atoms with Gasteiger partial charge in [0.2, 0.25) is 0 Å². The van der Waals surface area contributed by atoms with Crippen molar-refractivity contribution in [2.24, 2.45) is 5.10 Å². The van der Waals surface area contributed by atoms with Gasteiger partial charge in [-0.2, -0.15) is 5.10 Å². The van der Waals surface area contributed by atoms with Crippen LogP contribution in [0.5, 0.6) is 5.75 Å². The second-order valence-corrected chi connectivity index (χ2v) is 4.99. The standard InChI is InChI=1S/C15H15BrN2O/c1-11-4-3-5-13(8-11)18-17-10-12-6-7-15(19-2)14(16)9-12/h3-10,18H,1-2H3/b17-10-. The van der Waals surface area contributed by atoms with Crippen LogP contribution in [0.15, 0.2) is 52.0 Å². The first-order chi connectivity index (χ1) is 9.19. The second-order valence-electron chi connectivity index (χ2n) is 4.13. The molecule has 0 spiro atoms. The van der Waals surface area contributed by atoms with Gasteiger partial charge in [0.25, 0.3) is 0 Å². The number of nitrogens with zero attached hydrogens (tertiary/aromatic N) is 1. The van der Waals surface area contributed by atoms with Crippen LogP contribution in [0.2, 0.25) is 0 Å². The zero-order valence-corrected chi connectivity index (χ0v) is 12.4. The van der Waals surface area contributed by atoms with Gasteiger partial charge in [0.05, 0.1) is 23.5 Å². The summed E-state index contributed by atoms with van der Waals surface area (Å²) in [5, 5.41) is 4.21. The number of methoxy groups -OCH3 is 1. The molecule has 0 bridgehead atoms. The fraction of sp³-hybridized carbons (Fsp3) is 0.133. The molecule has 0 saturated carbocycles. The molecular weight excluding hydrogens is 304 g/mol. The van der Waals surface area contributed by atoms with Crippen LogP contribution in [0.25, 0.3) is 0 Å². The van der Waals surface area contributed by atoms with Crippen molar-refractivity contribution in [1.29, 1.82) is 0 Å². The number of halogens is 1. The van der Waals surface area contributed by atoms with E-state index in [9.17, 15) is 0 Å². The molecule has 2 aromatic carbocycles. The minimum absolute atomic E-state index is 0.809. The van der Waals surface area contributed by atoms with Crippen LogP contribution in [0.3, 0.4) is 0 Å². The van der Waals surface area contributed by atoms with Crippen molar-refractivity contribution in [2.75, 3.05) is 12.5 Å². The first kappa shape index (κ1) is 13.6. The molecule has 0 radical (unpaired) electrons. The topological polar surface area (TPSA) is 33.6 Å². The molecule has 0 aliphatic rings. The number of hydrogen-bond donors (Lipinski definition) is 1. The van der Waals surface area contributed by atoms with E-state index in [-0.39, 0.29) is 0 Å². The Morgan fingerprint density at radius 3 is 2.74 bits per heavy atom. The van der Waals surface area contributed by atoms with E-state index in [1.165, 1.54) is 5.56 Å². The molecule has 19 heavy (non-hydrogen) atoms. The van der Waals surface area contributed by atoms with Crippen LogP contribution in [0, 0.1) is 6.92 Å². The molecule has 0 atom stereocenters. The Labute approximate surface area is 121 Å². The molecule has 0 aliphatic heterocycles. The van der Waals surface area contributed by atoms with E-state index in [0.717, 1.165) is 21.5 Å². The number of rotatable bonds is 4. The molecule has 4 heteroatoms. The third-order valence-corrected chi connectivity index (χ3v) is 3.22. The highest BCUT2D eigenvalue weighted by Crippen LogP contribution is 2.24. The van der Waals surface area contributed by atoms with Crippen LogP contribution in [0.4, 0.5) is 5.69 Å². The molecule has 0 amide bonds. The zero-order valence-electron chi connectivity index (χ0n) is 10.9. The molecule has 2 aromatic rings. The van der Waals surface area contributed by atoms with Gasteiger partial charge in [0, 0.05) is 0 Å². The maximum atomic E-state index is 5.18. The summed E-state index contributed by atoms with van der Waals surface area (Å²) in [7, 11) is 1.65. The van der Waals surface area contributed by atoms with Gasteiger partial charge >= 0.3 is 0 Å². The summed E-state index contributed by atoms with van der Waals surface area (Å²) < 4.78 is 6.09. The lowest BCUT2D eigenvalue weighted by molar-refractivity contribution is 0.412. The molecule has 3 nitrogen and oxygen atoms in total. The normalized spacial score (nSPS) is 10.7. The Bertz CT molecular complexity index is 596. The molecule has 0 fully saturated rings. The summed E-state index contributed by atoms with van der Waals surface area (Å²) in [6.45, 7) is 2.05. The summed E-state index contributed by atoms with van der Waals surface area (Å²) in [4.78, 5) is 0. The number of aryl methyl sites for hydroxylation is 1. The van der Waals surface area contributed by atoms with Gasteiger partial charge in [-0.1, -0.05) is 12.1 Å². The Morgan fingerprint density at radius 1 is 1.21 bits per heavy atom. The Kier molecular flexibility index (Phi) is 4.58. The Hall–Kier alpha value is -1.81. The van der Waals surface area contributed by atoms with E-state index in [2.05, 4.69) is 39.4 Å². The molecule has 0 heterocycles. The van der Waals surface area contributed by atoms with E-state index in [1.54, 1.807) is 13.3 Å². The number of hydrazone groups is 1. The second kappa shape index (κ2) is 6.38. The number of anilines is 1. The van der Waals surface area contributed by atoms with Crippen LogP contribution in [-0.4, -0.2) is 13.3 Å². The molecule has 2 rings (SSSR count). The van der Waals surface area contributed by atoms with E-state index < -0.39 is 0 Å². The highest BCUT2D eigenvalue weighted by molar-refractivity contribution is 9.10. The summed E-state index contributed by atoms with van der Waals surface area (Å²) in [5.74, 6) is 0.809. The van der Waals surface area contributed by atoms with E-state index >= 15 is 0 Å². The van der Waals surface area contributed by atoms with Gasteiger partial charge in [-0.25, -0.2) is 0 Å². The van der Waals surface area contributed by atoms with E-state index in [0.29, 0.717) is 0 Å². The van der Waals surface area contributed by atoms with Gasteiger partial charge in [0.15, 0.2) is 0 Å². The van der Waals surface area contributed by atoms with Gasteiger partial charge in [-0.3, -0.25) is 5.43 Å². The lowest BCUT2D eigenvalue weighted by Gasteiger charge is -2.03. The van der Waals surface area contributed by atoms with Crippen molar-refractivity contribution in [1.82, 2.24) is 0 Å². The van der Waals surface area contributed by atoms with Crippen LogP contribution >= 0.6 is 15.9 Å². The average Bonchev–Trinajstić information content (AvgIpc) is 2.39. The third kappa shape index (κ3) is 3.83. The summed E-state index contributed by atoms with van der Waals surface area (Å²) in [6.07, 6.45) is 1.77. The molecule has 0 unspecified atom stereocenters. The molecule has 0 saturated heterocycles. The lowest BCUT2D eigenvalue weighted by Crippen LogP contribution is -1.92. The minimum Gasteiger partial charge on any atom is -0.496 e. The maximum Gasteiger partial charge on any atom is 0.133 e. The fourth-order valence-electron chi connectivity index (χ4n) is 1.66. The monoisotopic (exact) mass is 318 g/mol. The predicted octanol–water partition coefficient (Wildman–Crippen LogP) is 4.21. The number of benzene rings is 2. The quantitative estimate of drug-likeness (QED) is 0.676. The fourth-order valence-corrected chi connectivity index (χ4v) is 2.22. The van der Waals surface area contributed by atoms with Gasteiger partial charge < -0.3 is 4.74 Å². The van der Waals surface area contributed by atoms with Crippen molar-refractivity contribution in [3.05, 3.63) is 58.1 Å². The predicted molar refractivity (Wildman–Crippen MR) is 83.1 cm³/mol. The highest BCUT2D eigenvalue weighted by atomic mass is 79.9. The van der Waals surface area contributed by atoms with Crippen LogP contribution < -0.4 is 10.2 Å². The summed E-state index contributed by atoms with van der Waals surface area (Å²) in [5.41, 5.74) is 6.18. The number of nitrogens with one attached hydrogen (secondary N) is 1. The largest absolute Gasteiger partial charge is 0.496 e. The maximum absolute atomic E-state index is 5.18. The summed E-state index contributed by atoms with van der Waals surface area (Å²) in [6, 6.07) is 13.9. The number of ether oxygens (including phenoxy) is 1. The van der Waals surface area contributed by atoms with Crippen LogP contribution in [0.1, 0.15) is 11.1 Å². The first-order valence-electron chi connectivity index (χ1n) is 5.88. The summed E-state index contributed by atoms with van der Waals surface area (Å²) >= 11 is 3.45. The lowest BCUT2D eigenvalue weighted by atomic mass is 10.2. The van der Waals surface area contributed by atoms with Gasteiger partial charge in [0.1, 0.15) is 5.75 Å².